The molecule has 0 bridgehead atoms. The first-order valence-corrected chi connectivity index (χ1v) is 7.83. The molecule has 0 spiro atoms. The molecule has 0 aliphatic carbocycles. The molecule has 2 aromatic heterocycles. The van der Waals surface area contributed by atoms with Crippen LogP contribution in [-0.4, -0.2) is 34.1 Å². The number of piperidine rings is 1. The fourth-order valence-corrected chi connectivity index (χ4v) is 2.69. The number of rotatable bonds is 3. The van der Waals surface area contributed by atoms with Gasteiger partial charge in [-0.15, -0.1) is 0 Å². The molecule has 0 saturated carbocycles. The van der Waals surface area contributed by atoms with E-state index in [1.165, 1.54) is 5.56 Å². The molecule has 1 fully saturated rings. The van der Waals surface area contributed by atoms with E-state index in [4.69, 9.17) is 16.3 Å². The van der Waals surface area contributed by atoms with Crippen molar-refractivity contribution in [3.05, 3.63) is 40.9 Å². The average Bonchev–Trinajstić information content (AvgIpc) is 2.53. The van der Waals surface area contributed by atoms with E-state index in [2.05, 4.69) is 38.9 Å². The van der Waals surface area contributed by atoms with Gasteiger partial charge in [-0.25, -0.2) is 15.0 Å². The number of nitrogens with zero attached hydrogens (tertiary/aromatic N) is 4. The molecule has 0 aromatic carbocycles. The minimum atomic E-state index is 0.122. The second kappa shape index (κ2) is 6.48. The Hall–Kier alpha value is -1.88. The Balaban J connectivity index is 1.60. The molecule has 3 rings (SSSR count). The number of pyridine rings is 1. The third kappa shape index (κ3) is 3.30. The molecule has 1 saturated heterocycles. The van der Waals surface area contributed by atoms with Crippen LogP contribution in [0.4, 0.5) is 5.82 Å². The number of anilines is 1. The van der Waals surface area contributed by atoms with Gasteiger partial charge in [-0.3, -0.25) is 0 Å². The van der Waals surface area contributed by atoms with Gasteiger partial charge in [-0.05, 0) is 25.5 Å². The zero-order chi connectivity index (χ0) is 15.5. The number of aryl methyl sites for hydroxylation is 2. The van der Waals surface area contributed by atoms with Crippen molar-refractivity contribution < 1.29 is 4.74 Å². The lowest BCUT2D eigenvalue weighted by Crippen LogP contribution is -2.38. The molecule has 0 atom stereocenters. The van der Waals surface area contributed by atoms with Crippen molar-refractivity contribution >= 4 is 17.4 Å². The first-order valence-electron chi connectivity index (χ1n) is 7.46. The van der Waals surface area contributed by atoms with Gasteiger partial charge in [0.05, 0.1) is 0 Å². The third-order valence-electron chi connectivity index (χ3n) is 4.00. The summed E-state index contributed by atoms with van der Waals surface area (Å²) < 4.78 is 5.86. The van der Waals surface area contributed by atoms with Crippen molar-refractivity contribution in [3.8, 4) is 5.88 Å². The summed E-state index contributed by atoms with van der Waals surface area (Å²) >= 11 is 5.98. The number of ether oxygens (including phenoxy) is 1. The Bertz CT molecular complexity index is 656. The van der Waals surface area contributed by atoms with E-state index in [-0.39, 0.29) is 6.10 Å². The lowest BCUT2D eigenvalue weighted by molar-refractivity contribution is 0.163. The highest BCUT2D eigenvalue weighted by Crippen LogP contribution is 2.24. The first-order chi connectivity index (χ1) is 10.6. The molecule has 5 nitrogen and oxygen atoms in total. The van der Waals surface area contributed by atoms with E-state index < -0.39 is 0 Å². The van der Waals surface area contributed by atoms with Gasteiger partial charge in [0.2, 0.25) is 0 Å². The van der Waals surface area contributed by atoms with Crippen LogP contribution in [0.3, 0.4) is 0 Å². The summed E-state index contributed by atoms with van der Waals surface area (Å²) in [6.07, 6.45) is 5.11. The molecule has 0 N–H and O–H groups in total. The van der Waals surface area contributed by atoms with Crippen LogP contribution in [0.25, 0.3) is 0 Å². The Morgan fingerprint density at radius 3 is 2.55 bits per heavy atom. The maximum atomic E-state index is 5.98. The SMILES string of the molecule is Cc1ccc(N2CCC(Oc3nccnc3Cl)CC2)nc1C. The van der Waals surface area contributed by atoms with Gasteiger partial charge in [0.1, 0.15) is 11.9 Å². The molecular formula is C16H19ClN4O. The van der Waals surface area contributed by atoms with E-state index in [9.17, 15) is 0 Å². The third-order valence-corrected chi connectivity index (χ3v) is 4.26. The highest BCUT2D eigenvalue weighted by atomic mass is 35.5. The predicted octanol–water partition coefficient (Wildman–Crippen LogP) is 3.19. The average molecular weight is 319 g/mol. The Labute approximate surface area is 135 Å². The van der Waals surface area contributed by atoms with Crippen LogP contribution in [0.5, 0.6) is 5.88 Å². The van der Waals surface area contributed by atoms with E-state index >= 15 is 0 Å². The van der Waals surface area contributed by atoms with Crippen molar-refractivity contribution in [3.63, 3.8) is 0 Å². The van der Waals surface area contributed by atoms with Crippen molar-refractivity contribution in [2.24, 2.45) is 0 Å². The highest BCUT2D eigenvalue weighted by molar-refractivity contribution is 6.30. The van der Waals surface area contributed by atoms with E-state index in [0.717, 1.165) is 37.4 Å². The minimum Gasteiger partial charge on any atom is -0.472 e. The molecule has 3 heterocycles. The number of aromatic nitrogens is 3. The largest absolute Gasteiger partial charge is 0.472 e. The van der Waals surface area contributed by atoms with Gasteiger partial charge >= 0.3 is 0 Å². The van der Waals surface area contributed by atoms with Gasteiger partial charge in [0, 0.05) is 44.0 Å². The summed E-state index contributed by atoms with van der Waals surface area (Å²) in [5.74, 6) is 1.46. The van der Waals surface area contributed by atoms with Crippen LogP contribution in [0.1, 0.15) is 24.1 Å². The number of halogens is 1. The molecule has 6 heteroatoms. The summed E-state index contributed by atoms with van der Waals surface area (Å²) in [7, 11) is 0. The van der Waals surface area contributed by atoms with Crippen LogP contribution in [-0.2, 0) is 0 Å². The minimum absolute atomic E-state index is 0.122. The van der Waals surface area contributed by atoms with Crippen LogP contribution in [0.15, 0.2) is 24.5 Å². The standard InChI is InChI=1S/C16H19ClN4O/c1-11-3-4-14(20-12(11)2)21-9-5-13(6-10-21)22-16-15(17)18-7-8-19-16/h3-4,7-8,13H,5-6,9-10H2,1-2H3. The Morgan fingerprint density at radius 2 is 1.86 bits per heavy atom. The molecule has 0 amide bonds. The molecule has 0 radical (unpaired) electrons. The number of hydrogen-bond acceptors (Lipinski definition) is 5. The lowest BCUT2D eigenvalue weighted by atomic mass is 10.1. The van der Waals surface area contributed by atoms with Crippen LogP contribution < -0.4 is 9.64 Å². The Morgan fingerprint density at radius 1 is 1.14 bits per heavy atom. The molecule has 2 aromatic rings. The van der Waals surface area contributed by atoms with E-state index in [0.29, 0.717) is 11.0 Å². The van der Waals surface area contributed by atoms with Crippen LogP contribution in [0, 0.1) is 13.8 Å². The number of hydrogen-bond donors (Lipinski definition) is 0. The van der Waals surface area contributed by atoms with E-state index in [1.54, 1.807) is 12.4 Å². The molecule has 116 valence electrons. The van der Waals surface area contributed by atoms with Crippen LogP contribution in [0.2, 0.25) is 5.15 Å². The molecule has 1 aliphatic heterocycles. The summed E-state index contributed by atoms with van der Waals surface area (Å²) in [5.41, 5.74) is 2.31. The molecule has 22 heavy (non-hydrogen) atoms. The molecule has 0 unspecified atom stereocenters. The second-order valence-electron chi connectivity index (χ2n) is 5.53. The van der Waals surface area contributed by atoms with Crippen molar-refractivity contribution in [1.29, 1.82) is 0 Å². The quantitative estimate of drug-likeness (QED) is 0.870. The molecular weight excluding hydrogens is 300 g/mol. The second-order valence-corrected chi connectivity index (χ2v) is 5.89. The van der Waals surface area contributed by atoms with Gasteiger partial charge in [-0.2, -0.15) is 0 Å². The van der Waals surface area contributed by atoms with Gasteiger partial charge in [0.25, 0.3) is 5.88 Å². The van der Waals surface area contributed by atoms with Crippen molar-refractivity contribution in [2.45, 2.75) is 32.8 Å². The summed E-state index contributed by atoms with van der Waals surface area (Å²) in [6, 6.07) is 4.21. The summed E-state index contributed by atoms with van der Waals surface area (Å²) in [4.78, 5) is 15.1. The normalized spacial score (nSPS) is 15.9. The van der Waals surface area contributed by atoms with Gasteiger partial charge in [-0.1, -0.05) is 17.7 Å². The smallest absolute Gasteiger partial charge is 0.252 e. The van der Waals surface area contributed by atoms with Crippen LogP contribution >= 0.6 is 11.6 Å². The maximum absolute atomic E-state index is 5.98. The zero-order valence-electron chi connectivity index (χ0n) is 12.8. The lowest BCUT2D eigenvalue weighted by Gasteiger charge is -2.33. The summed E-state index contributed by atoms with van der Waals surface area (Å²) in [5, 5.41) is 0.320. The topological polar surface area (TPSA) is 51.1 Å². The van der Waals surface area contributed by atoms with E-state index in [1.807, 2.05) is 6.92 Å². The van der Waals surface area contributed by atoms with Gasteiger partial charge in [0.15, 0.2) is 5.15 Å². The first kappa shape index (κ1) is 15.0. The molecule has 1 aliphatic rings. The van der Waals surface area contributed by atoms with Gasteiger partial charge < -0.3 is 9.64 Å². The monoisotopic (exact) mass is 318 g/mol. The fourth-order valence-electron chi connectivity index (χ4n) is 2.54. The highest BCUT2D eigenvalue weighted by Gasteiger charge is 2.22. The maximum Gasteiger partial charge on any atom is 0.252 e. The van der Waals surface area contributed by atoms with Crippen molar-refractivity contribution in [2.75, 3.05) is 18.0 Å². The fraction of sp³-hybridized carbons (Fsp3) is 0.438. The predicted molar refractivity (Wildman–Crippen MR) is 86.6 cm³/mol. The zero-order valence-corrected chi connectivity index (χ0v) is 13.5. The Kier molecular flexibility index (Phi) is 4.43. The van der Waals surface area contributed by atoms with Crippen molar-refractivity contribution in [1.82, 2.24) is 15.0 Å². The summed E-state index contributed by atoms with van der Waals surface area (Å²) in [6.45, 7) is 5.96.